The average Bonchev–Trinajstić information content (AvgIpc) is 3.51. The number of imidazole rings is 1. The van der Waals surface area contributed by atoms with Gasteiger partial charge in [-0.1, -0.05) is 103 Å². The minimum absolute atomic E-state index is 0.645. The van der Waals surface area contributed by atoms with E-state index in [0.717, 1.165) is 56.5 Å². The Bertz CT molecular complexity index is 2180. The molecule has 2 nitrogen and oxygen atoms in total. The normalized spacial score (nSPS) is 20.1. The van der Waals surface area contributed by atoms with Crippen LogP contribution < -0.4 is 10.4 Å². The second-order valence-electron chi connectivity index (χ2n) is 13.1. The minimum atomic E-state index is 0.645. The van der Waals surface area contributed by atoms with Gasteiger partial charge < -0.3 is 0 Å². The molecule has 0 saturated heterocycles. The highest BCUT2D eigenvalue weighted by atomic mass is 15.1. The van der Waals surface area contributed by atoms with Crippen LogP contribution in [0.2, 0.25) is 0 Å². The SMILES string of the molecule is C1=Cc2nc(-c3ccccc3)n(C3=CC=C(c4c5c(c(C6=CC=C7C=CCCC7C6)c6ccccc46)=CCCC=5)CC3)c2CC1. The predicted molar refractivity (Wildman–Crippen MR) is 190 cm³/mol. The smallest absolute Gasteiger partial charge is 0.145 e. The second-order valence-corrected chi connectivity index (χ2v) is 13.1. The van der Waals surface area contributed by atoms with Gasteiger partial charge in [0.25, 0.3) is 0 Å². The van der Waals surface area contributed by atoms with Crippen LogP contribution in [0.1, 0.15) is 73.9 Å². The summed E-state index contributed by atoms with van der Waals surface area (Å²) < 4.78 is 2.47. The largest absolute Gasteiger partial charge is 0.300 e. The molecular formula is C43H38N2. The molecule has 0 fully saturated rings. The van der Waals surface area contributed by atoms with Crippen LogP contribution in [0.3, 0.4) is 0 Å². The van der Waals surface area contributed by atoms with Crippen LogP contribution in [0.5, 0.6) is 0 Å². The van der Waals surface area contributed by atoms with Crippen molar-refractivity contribution in [3.8, 4) is 11.4 Å². The van der Waals surface area contributed by atoms with Gasteiger partial charge >= 0.3 is 0 Å². The number of allylic oxidation sites excluding steroid dienone is 11. The molecule has 0 spiro atoms. The maximum absolute atomic E-state index is 5.14. The van der Waals surface area contributed by atoms with Gasteiger partial charge in [-0.3, -0.25) is 4.57 Å². The zero-order valence-electron chi connectivity index (χ0n) is 25.8. The van der Waals surface area contributed by atoms with E-state index < -0.39 is 0 Å². The van der Waals surface area contributed by atoms with Crippen molar-refractivity contribution in [2.75, 3.05) is 0 Å². The van der Waals surface area contributed by atoms with E-state index in [2.05, 4.69) is 120 Å². The van der Waals surface area contributed by atoms with Crippen LogP contribution in [0.25, 0.3) is 57.2 Å². The number of hydrogen-bond donors (Lipinski definition) is 0. The zero-order valence-corrected chi connectivity index (χ0v) is 25.8. The Morgan fingerprint density at radius 1 is 0.644 bits per heavy atom. The van der Waals surface area contributed by atoms with Gasteiger partial charge in [-0.15, -0.1) is 0 Å². The molecule has 4 aromatic rings. The third-order valence-electron chi connectivity index (χ3n) is 10.5. The molecule has 3 aromatic carbocycles. The highest BCUT2D eigenvalue weighted by Crippen LogP contribution is 2.40. The molecule has 1 heterocycles. The molecule has 1 unspecified atom stereocenters. The Balaban J connectivity index is 1.20. The molecule has 1 aromatic heterocycles. The molecule has 0 bridgehead atoms. The number of hydrogen-bond acceptors (Lipinski definition) is 1. The molecule has 5 aliphatic carbocycles. The predicted octanol–water partition coefficient (Wildman–Crippen LogP) is 9.42. The van der Waals surface area contributed by atoms with Crippen molar-refractivity contribution in [1.29, 1.82) is 0 Å². The topological polar surface area (TPSA) is 17.8 Å². The fourth-order valence-corrected chi connectivity index (χ4v) is 8.37. The van der Waals surface area contributed by atoms with Crippen LogP contribution in [0, 0.1) is 5.92 Å². The summed E-state index contributed by atoms with van der Waals surface area (Å²) >= 11 is 0. The Hall–Kier alpha value is -4.69. The summed E-state index contributed by atoms with van der Waals surface area (Å²) in [6.45, 7) is 0. The van der Waals surface area contributed by atoms with Crippen LogP contribution >= 0.6 is 0 Å². The second kappa shape index (κ2) is 11.0. The van der Waals surface area contributed by atoms with Gasteiger partial charge in [0.05, 0.1) is 11.4 Å². The lowest BCUT2D eigenvalue weighted by molar-refractivity contribution is 0.573. The standard InChI is InChI=1S/C43H38N2/c1-2-13-31(14-3-1)43-44-39-20-10-11-21-40(39)45(43)34-26-24-30(25-27-34)41-35-16-6-8-18-37(35)42(38-19-9-7-17-36(38)41)33-23-22-29-12-4-5-15-32(29)28-33/h1-4,6,8,10,12-14,16-20,22-24,26,32H,5,7,9,11,15,21,25,27-28H2. The molecule has 0 N–H and O–H groups in total. The summed E-state index contributed by atoms with van der Waals surface area (Å²) in [5, 5.41) is 5.72. The van der Waals surface area contributed by atoms with Crippen molar-refractivity contribution in [2.24, 2.45) is 5.92 Å². The van der Waals surface area contributed by atoms with Gasteiger partial charge in [-0.05, 0) is 125 Å². The number of aromatic nitrogens is 2. The lowest BCUT2D eigenvalue weighted by atomic mass is 9.77. The Morgan fingerprint density at radius 3 is 2.16 bits per heavy atom. The number of fused-ring (bicyclic) bond motifs is 4. The highest BCUT2D eigenvalue weighted by Gasteiger charge is 2.26. The summed E-state index contributed by atoms with van der Waals surface area (Å²) in [5.74, 6) is 1.71. The van der Waals surface area contributed by atoms with E-state index in [4.69, 9.17) is 4.98 Å². The third kappa shape index (κ3) is 4.50. The number of nitrogens with zero attached hydrogens (tertiary/aromatic N) is 2. The quantitative estimate of drug-likeness (QED) is 0.234. The Kier molecular flexibility index (Phi) is 6.54. The molecule has 1 atom stereocenters. The molecule has 45 heavy (non-hydrogen) atoms. The first-order valence-electron chi connectivity index (χ1n) is 16.9. The summed E-state index contributed by atoms with van der Waals surface area (Å²) in [5.41, 5.74) is 12.4. The van der Waals surface area contributed by atoms with Crippen LogP contribution in [-0.2, 0) is 6.42 Å². The summed E-state index contributed by atoms with van der Waals surface area (Å²) in [4.78, 5) is 5.14. The fraction of sp³-hybridized carbons (Fsp3) is 0.233. The molecule has 9 rings (SSSR count). The molecule has 2 heteroatoms. The van der Waals surface area contributed by atoms with E-state index >= 15 is 0 Å². The van der Waals surface area contributed by atoms with Crippen LogP contribution in [-0.4, -0.2) is 9.55 Å². The van der Waals surface area contributed by atoms with Gasteiger partial charge in [0.2, 0.25) is 0 Å². The minimum Gasteiger partial charge on any atom is -0.300 e. The highest BCUT2D eigenvalue weighted by molar-refractivity contribution is 6.02. The van der Waals surface area contributed by atoms with E-state index in [1.165, 1.54) is 78.9 Å². The maximum Gasteiger partial charge on any atom is 0.145 e. The maximum atomic E-state index is 5.14. The summed E-state index contributed by atoms with van der Waals surface area (Å²) in [6.07, 6.45) is 33.8. The Labute approximate surface area is 265 Å². The van der Waals surface area contributed by atoms with Gasteiger partial charge in [0, 0.05) is 11.3 Å². The molecular weight excluding hydrogens is 544 g/mol. The zero-order chi connectivity index (χ0) is 29.7. The van der Waals surface area contributed by atoms with Crippen molar-refractivity contribution >= 4 is 45.8 Å². The fourth-order valence-electron chi connectivity index (χ4n) is 8.37. The average molecular weight is 583 g/mol. The van der Waals surface area contributed by atoms with Crippen LogP contribution in [0.15, 0.2) is 103 Å². The van der Waals surface area contributed by atoms with Gasteiger partial charge in [-0.25, -0.2) is 4.98 Å². The van der Waals surface area contributed by atoms with Crippen molar-refractivity contribution < 1.29 is 0 Å². The van der Waals surface area contributed by atoms with E-state index in [9.17, 15) is 0 Å². The number of rotatable bonds is 4. The summed E-state index contributed by atoms with van der Waals surface area (Å²) in [7, 11) is 0. The van der Waals surface area contributed by atoms with E-state index in [1.54, 1.807) is 0 Å². The van der Waals surface area contributed by atoms with Gasteiger partial charge in [-0.2, -0.15) is 0 Å². The van der Waals surface area contributed by atoms with Crippen molar-refractivity contribution in [3.05, 3.63) is 136 Å². The van der Waals surface area contributed by atoms with Gasteiger partial charge in [0.1, 0.15) is 5.82 Å². The molecule has 0 radical (unpaired) electrons. The first-order valence-corrected chi connectivity index (χ1v) is 16.9. The lowest BCUT2D eigenvalue weighted by Crippen LogP contribution is -2.34. The Morgan fingerprint density at radius 2 is 1.38 bits per heavy atom. The van der Waals surface area contributed by atoms with Crippen LogP contribution in [0.4, 0.5) is 0 Å². The first-order chi connectivity index (χ1) is 22.3. The number of benzene rings is 3. The van der Waals surface area contributed by atoms with Crippen molar-refractivity contribution in [3.63, 3.8) is 0 Å². The molecule has 5 aliphatic rings. The first kappa shape index (κ1) is 26.7. The third-order valence-corrected chi connectivity index (χ3v) is 10.5. The van der Waals surface area contributed by atoms with Crippen molar-refractivity contribution in [1.82, 2.24) is 9.55 Å². The molecule has 0 saturated carbocycles. The van der Waals surface area contributed by atoms with Gasteiger partial charge in [0.15, 0.2) is 0 Å². The molecule has 0 aliphatic heterocycles. The lowest BCUT2D eigenvalue weighted by Gasteiger charge is -2.28. The summed E-state index contributed by atoms with van der Waals surface area (Å²) in [6, 6.07) is 19.9. The van der Waals surface area contributed by atoms with Crippen molar-refractivity contribution in [2.45, 2.75) is 57.8 Å². The van der Waals surface area contributed by atoms with E-state index in [1.807, 2.05) is 0 Å². The molecule has 220 valence electrons. The van der Waals surface area contributed by atoms with E-state index in [-0.39, 0.29) is 0 Å². The molecule has 0 amide bonds. The monoisotopic (exact) mass is 582 g/mol. The van der Waals surface area contributed by atoms with E-state index in [0.29, 0.717) is 5.92 Å².